The summed E-state index contributed by atoms with van der Waals surface area (Å²) in [6.45, 7) is 3.48. The van der Waals surface area contributed by atoms with E-state index in [9.17, 15) is 4.79 Å². The summed E-state index contributed by atoms with van der Waals surface area (Å²) in [6.07, 6.45) is 0. The topological polar surface area (TPSA) is 59.6 Å². The normalized spacial score (nSPS) is 11.8. The summed E-state index contributed by atoms with van der Waals surface area (Å²) in [6, 6.07) is 17.3. The average Bonchev–Trinajstić information content (AvgIpc) is 2.60. The van der Waals surface area contributed by atoms with Crippen molar-refractivity contribution in [2.45, 2.75) is 13.0 Å². The standard InChI is InChI=1S/C19H24N2O3/c1-15(21-19(22)14-20-12-13-23-2)16-8-10-18(11-9-16)24-17-6-4-3-5-7-17/h3-11,15,20H,12-14H2,1-2H3,(H,21,22). The molecule has 0 saturated carbocycles. The molecule has 0 aliphatic carbocycles. The minimum atomic E-state index is -0.0625. The highest BCUT2D eigenvalue weighted by atomic mass is 16.5. The number of amides is 1. The van der Waals surface area contributed by atoms with Gasteiger partial charge in [-0.2, -0.15) is 0 Å². The number of rotatable bonds is 9. The van der Waals surface area contributed by atoms with Crippen molar-refractivity contribution in [3.8, 4) is 11.5 Å². The van der Waals surface area contributed by atoms with Crippen molar-refractivity contribution in [2.75, 3.05) is 26.8 Å². The monoisotopic (exact) mass is 328 g/mol. The molecule has 0 heterocycles. The lowest BCUT2D eigenvalue weighted by Gasteiger charge is -2.15. The zero-order valence-corrected chi connectivity index (χ0v) is 14.1. The van der Waals surface area contributed by atoms with Crippen molar-refractivity contribution in [1.29, 1.82) is 0 Å². The molecule has 2 rings (SSSR count). The van der Waals surface area contributed by atoms with Crippen molar-refractivity contribution < 1.29 is 14.3 Å². The van der Waals surface area contributed by atoms with E-state index in [1.54, 1.807) is 7.11 Å². The molecule has 2 N–H and O–H groups in total. The molecular weight excluding hydrogens is 304 g/mol. The Kier molecular flexibility index (Phi) is 7.26. The van der Waals surface area contributed by atoms with E-state index in [2.05, 4.69) is 10.6 Å². The van der Waals surface area contributed by atoms with Crippen molar-refractivity contribution >= 4 is 5.91 Å². The average molecular weight is 328 g/mol. The molecular formula is C19H24N2O3. The maximum absolute atomic E-state index is 11.9. The highest BCUT2D eigenvalue weighted by molar-refractivity contribution is 5.78. The van der Waals surface area contributed by atoms with Gasteiger partial charge in [0.1, 0.15) is 11.5 Å². The molecule has 5 nitrogen and oxygen atoms in total. The van der Waals surface area contributed by atoms with Gasteiger partial charge in [0.05, 0.1) is 19.2 Å². The molecule has 5 heteroatoms. The van der Waals surface area contributed by atoms with Gasteiger partial charge in [-0.25, -0.2) is 0 Å². The smallest absolute Gasteiger partial charge is 0.234 e. The number of carbonyl (C=O) groups excluding carboxylic acids is 1. The number of carbonyl (C=O) groups is 1. The quantitative estimate of drug-likeness (QED) is 0.695. The third-order valence-corrected chi connectivity index (χ3v) is 3.51. The highest BCUT2D eigenvalue weighted by Gasteiger charge is 2.09. The summed E-state index contributed by atoms with van der Waals surface area (Å²) in [5.74, 6) is 1.53. The summed E-state index contributed by atoms with van der Waals surface area (Å²) in [5.41, 5.74) is 1.03. The lowest BCUT2D eigenvalue weighted by atomic mass is 10.1. The predicted octanol–water partition coefficient (Wildman–Crippen LogP) is 2.89. The summed E-state index contributed by atoms with van der Waals surface area (Å²) < 4.78 is 10.7. The van der Waals surface area contributed by atoms with Crippen LogP contribution in [0.4, 0.5) is 0 Å². The summed E-state index contributed by atoms with van der Waals surface area (Å²) in [4.78, 5) is 11.9. The van der Waals surface area contributed by atoms with Crippen LogP contribution in [0.3, 0.4) is 0 Å². The fraction of sp³-hybridized carbons (Fsp3) is 0.316. The van der Waals surface area contributed by atoms with E-state index >= 15 is 0 Å². The van der Waals surface area contributed by atoms with Gasteiger partial charge in [-0.05, 0) is 36.8 Å². The van der Waals surface area contributed by atoms with E-state index < -0.39 is 0 Å². The third kappa shape index (κ3) is 6.02. The second kappa shape index (κ2) is 9.70. The number of methoxy groups -OCH3 is 1. The summed E-state index contributed by atoms with van der Waals surface area (Å²) in [7, 11) is 1.63. The fourth-order valence-electron chi connectivity index (χ4n) is 2.20. The van der Waals surface area contributed by atoms with Crippen LogP contribution in [0.25, 0.3) is 0 Å². The number of ether oxygens (including phenoxy) is 2. The lowest BCUT2D eigenvalue weighted by Crippen LogP contribution is -2.36. The van der Waals surface area contributed by atoms with E-state index in [0.29, 0.717) is 13.2 Å². The van der Waals surface area contributed by atoms with Crippen molar-refractivity contribution in [3.63, 3.8) is 0 Å². The Morgan fingerprint density at radius 2 is 1.71 bits per heavy atom. The summed E-state index contributed by atoms with van der Waals surface area (Å²) in [5, 5.41) is 5.98. The van der Waals surface area contributed by atoms with Crippen LogP contribution in [-0.4, -0.2) is 32.7 Å². The SMILES string of the molecule is COCCNCC(=O)NC(C)c1ccc(Oc2ccccc2)cc1. The molecule has 128 valence electrons. The lowest BCUT2D eigenvalue weighted by molar-refractivity contribution is -0.120. The molecule has 0 aliphatic heterocycles. The first-order valence-electron chi connectivity index (χ1n) is 8.01. The molecule has 0 aliphatic rings. The van der Waals surface area contributed by atoms with Crippen LogP contribution in [0, 0.1) is 0 Å². The molecule has 24 heavy (non-hydrogen) atoms. The first-order chi connectivity index (χ1) is 11.7. The van der Waals surface area contributed by atoms with Crippen LogP contribution < -0.4 is 15.4 Å². The molecule has 1 unspecified atom stereocenters. The van der Waals surface area contributed by atoms with Crippen LogP contribution in [0.15, 0.2) is 54.6 Å². The number of benzene rings is 2. The van der Waals surface area contributed by atoms with Gasteiger partial charge in [-0.15, -0.1) is 0 Å². The van der Waals surface area contributed by atoms with Gasteiger partial charge in [0.2, 0.25) is 5.91 Å². The number of hydrogen-bond acceptors (Lipinski definition) is 4. The maximum atomic E-state index is 11.9. The molecule has 2 aromatic carbocycles. The van der Waals surface area contributed by atoms with Crippen LogP contribution in [0.1, 0.15) is 18.5 Å². The zero-order chi connectivity index (χ0) is 17.2. The second-order valence-electron chi connectivity index (χ2n) is 5.44. The molecule has 0 bridgehead atoms. The molecule has 0 fully saturated rings. The first-order valence-corrected chi connectivity index (χ1v) is 8.01. The van der Waals surface area contributed by atoms with Crippen LogP contribution in [-0.2, 0) is 9.53 Å². The van der Waals surface area contributed by atoms with Crippen LogP contribution >= 0.6 is 0 Å². The van der Waals surface area contributed by atoms with E-state index in [1.165, 1.54) is 0 Å². The minimum absolute atomic E-state index is 0.0387. The predicted molar refractivity (Wildman–Crippen MR) is 94.3 cm³/mol. The maximum Gasteiger partial charge on any atom is 0.234 e. The Hall–Kier alpha value is -2.37. The van der Waals surface area contributed by atoms with Crippen molar-refractivity contribution in [1.82, 2.24) is 10.6 Å². The van der Waals surface area contributed by atoms with Gasteiger partial charge < -0.3 is 20.1 Å². The fourth-order valence-corrected chi connectivity index (χ4v) is 2.20. The zero-order valence-electron chi connectivity index (χ0n) is 14.1. The molecule has 0 saturated heterocycles. The van der Waals surface area contributed by atoms with Gasteiger partial charge in [0.25, 0.3) is 0 Å². The number of nitrogens with one attached hydrogen (secondary N) is 2. The molecule has 0 spiro atoms. The molecule has 0 aromatic heterocycles. The van der Waals surface area contributed by atoms with Crippen LogP contribution in [0.2, 0.25) is 0 Å². The number of para-hydroxylation sites is 1. The number of hydrogen-bond donors (Lipinski definition) is 2. The van der Waals surface area contributed by atoms with E-state index in [0.717, 1.165) is 17.1 Å². The highest BCUT2D eigenvalue weighted by Crippen LogP contribution is 2.23. The Bertz CT molecular complexity index is 614. The Balaban J connectivity index is 1.82. The Labute approximate surface area is 143 Å². The molecule has 0 radical (unpaired) electrons. The molecule has 1 amide bonds. The molecule has 2 aromatic rings. The van der Waals surface area contributed by atoms with Crippen LogP contribution in [0.5, 0.6) is 11.5 Å². The largest absolute Gasteiger partial charge is 0.457 e. The van der Waals surface area contributed by atoms with E-state index in [4.69, 9.17) is 9.47 Å². The van der Waals surface area contributed by atoms with Gasteiger partial charge in [-0.3, -0.25) is 4.79 Å². The van der Waals surface area contributed by atoms with E-state index in [-0.39, 0.29) is 18.5 Å². The van der Waals surface area contributed by atoms with Gasteiger partial charge in [0.15, 0.2) is 0 Å². The Morgan fingerprint density at radius 3 is 2.38 bits per heavy atom. The second-order valence-corrected chi connectivity index (χ2v) is 5.44. The van der Waals surface area contributed by atoms with Crippen molar-refractivity contribution in [3.05, 3.63) is 60.2 Å². The minimum Gasteiger partial charge on any atom is -0.457 e. The third-order valence-electron chi connectivity index (χ3n) is 3.51. The first kappa shape index (κ1) is 18.0. The van der Waals surface area contributed by atoms with Gasteiger partial charge in [0, 0.05) is 13.7 Å². The van der Waals surface area contributed by atoms with E-state index in [1.807, 2.05) is 61.5 Å². The van der Waals surface area contributed by atoms with Gasteiger partial charge in [-0.1, -0.05) is 30.3 Å². The molecule has 1 atom stereocenters. The Morgan fingerprint density at radius 1 is 1.04 bits per heavy atom. The van der Waals surface area contributed by atoms with Gasteiger partial charge >= 0.3 is 0 Å². The van der Waals surface area contributed by atoms with Crippen molar-refractivity contribution in [2.24, 2.45) is 0 Å². The summed E-state index contributed by atoms with van der Waals surface area (Å²) >= 11 is 0.